The number of halogens is 1. The predicted octanol–water partition coefficient (Wildman–Crippen LogP) is 4.47. The number of hydrogen-bond donors (Lipinski definition) is 0. The molecule has 1 amide bonds. The van der Waals surface area contributed by atoms with E-state index in [1.807, 2.05) is 49.9 Å². The van der Waals surface area contributed by atoms with E-state index in [0.29, 0.717) is 36.6 Å². The first-order valence-electron chi connectivity index (χ1n) is 10.4. The van der Waals surface area contributed by atoms with E-state index in [1.54, 1.807) is 24.4 Å². The maximum atomic E-state index is 14.2. The summed E-state index contributed by atoms with van der Waals surface area (Å²) in [5, 5.41) is 0. The van der Waals surface area contributed by atoms with Crippen LogP contribution in [0.5, 0.6) is 0 Å². The van der Waals surface area contributed by atoms with Gasteiger partial charge < -0.3 is 9.64 Å². The van der Waals surface area contributed by atoms with Crippen molar-refractivity contribution in [2.24, 2.45) is 0 Å². The van der Waals surface area contributed by atoms with E-state index in [2.05, 4.69) is 9.97 Å². The minimum Gasteiger partial charge on any atom is -0.368 e. The summed E-state index contributed by atoms with van der Waals surface area (Å²) in [6.07, 6.45) is 2.74. The Bertz CT molecular complexity index is 1080. The lowest BCUT2D eigenvalue weighted by molar-refractivity contribution is -0.144. The van der Waals surface area contributed by atoms with Crippen LogP contribution in [-0.2, 0) is 14.9 Å². The fraction of sp³-hybridized carbons (Fsp3) is 0.320. The van der Waals surface area contributed by atoms with Crippen molar-refractivity contribution in [3.8, 4) is 11.3 Å². The Morgan fingerprint density at radius 3 is 2.61 bits per heavy atom. The third kappa shape index (κ3) is 4.35. The predicted molar refractivity (Wildman–Crippen MR) is 117 cm³/mol. The number of morpholine rings is 1. The van der Waals surface area contributed by atoms with Crippen LogP contribution in [0.2, 0.25) is 0 Å². The van der Waals surface area contributed by atoms with E-state index in [1.165, 1.54) is 12.3 Å². The Labute approximate surface area is 181 Å². The highest BCUT2D eigenvalue weighted by Crippen LogP contribution is 2.30. The van der Waals surface area contributed by atoms with Crippen molar-refractivity contribution in [1.29, 1.82) is 0 Å². The van der Waals surface area contributed by atoms with E-state index in [-0.39, 0.29) is 11.7 Å². The summed E-state index contributed by atoms with van der Waals surface area (Å²) in [5.41, 5.74) is 2.91. The number of aryl methyl sites for hydroxylation is 1. The first-order chi connectivity index (χ1) is 14.9. The summed E-state index contributed by atoms with van der Waals surface area (Å²) >= 11 is 0. The Morgan fingerprint density at radius 1 is 1.13 bits per heavy atom. The topological polar surface area (TPSA) is 55.3 Å². The highest BCUT2D eigenvalue weighted by atomic mass is 19.1. The van der Waals surface area contributed by atoms with Gasteiger partial charge in [-0.15, -0.1) is 0 Å². The summed E-state index contributed by atoms with van der Waals surface area (Å²) in [6, 6.07) is 14.5. The molecule has 4 rings (SSSR count). The monoisotopic (exact) mass is 419 g/mol. The molecule has 1 aliphatic heterocycles. The summed E-state index contributed by atoms with van der Waals surface area (Å²) in [4.78, 5) is 24.0. The molecule has 0 radical (unpaired) electrons. The standard InChI is InChI=1S/C25H26FN3O2/c1-17-8-10-18(11-9-17)25(2,3)24(30)29-12-13-31-23(16-29)22-15-27-14-21(28-22)19-6-4-5-7-20(19)26/h4-11,14-15,23H,12-13,16H2,1-3H3/t23-/m1/s1. The fourth-order valence-electron chi connectivity index (χ4n) is 3.84. The molecule has 0 aliphatic carbocycles. The average Bonchev–Trinajstić information content (AvgIpc) is 2.79. The van der Waals surface area contributed by atoms with Crippen molar-refractivity contribution in [3.05, 3.63) is 83.6 Å². The molecule has 5 nitrogen and oxygen atoms in total. The Kier molecular flexibility index (Phi) is 5.83. The second-order valence-corrected chi connectivity index (χ2v) is 8.41. The van der Waals surface area contributed by atoms with Crippen molar-refractivity contribution >= 4 is 5.91 Å². The molecule has 1 aromatic heterocycles. The molecule has 1 fully saturated rings. The Balaban J connectivity index is 1.55. The quantitative estimate of drug-likeness (QED) is 0.626. The summed E-state index contributed by atoms with van der Waals surface area (Å²) in [6.45, 7) is 7.23. The van der Waals surface area contributed by atoms with E-state index in [0.717, 1.165) is 11.1 Å². The highest BCUT2D eigenvalue weighted by molar-refractivity contribution is 5.87. The maximum Gasteiger partial charge on any atom is 0.232 e. The SMILES string of the molecule is Cc1ccc(C(C)(C)C(=O)N2CCO[C@@H](c3cncc(-c4ccccc4F)n3)C2)cc1. The molecule has 31 heavy (non-hydrogen) atoms. The molecule has 0 bridgehead atoms. The molecule has 0 spiro atoms. The second kappa shape index (κ2) is 8.55. The van der Waals surface area contributed by atoms with Gasteiger partial charge in [-0.1, -0.05) is 42.0 Å². The number of aromatic nitrogens is 2. The van der Waals surface area contributed by atoms with E-state index < -0.39 is 11.5 Å². The van der Waals surface area contributed by atoms with Crippen LogP contribution in [-0.4, -0.2) is 40.5 Å². The number of amides is 1. The van der Waals surface area contributed by atoms with Crippen molar-refractivity contribution in [2.45, 2.75) is 32.3 Å². The summed E-state index contributed by atoms with van der Waals surface area (Å²) in [7, 11) is 0. The first-order valence-corrected chi connectivity index (χ1v) is 10.4. The molecule has 2 aromatic carbocycles. The van der Waals surface area contributed by atoms with Crippen LogP contribution in [0.15, 0.2) is 60.9 Å². The van der Waals surface area contributed by atoms with Gasteiger partial charge in [0.1, 0.15) is 11.9 Å². The largest absolute Gasteiger partial charge is 0.368 e. The van der Waals surface area contributed by atoms with Gasteiger partial charge in [-0.3, -0.25) is 9.78 Å². The van der Waals surface area contributed by atoms with E-state index in [9.17, 15) is 9.18 Å². The lowest BCUT2D eigenvalue weighted by Gasteiger charge is -2.37. The van der Waals surface area contributed by atoms with Gasteiger partial charge in [0.2, 0.25) is 5.91 Å². The van der Waals surface area contributed by atoms with Crippen molar-refractivity contribution < 1.29 is 13.9 Å². The number of nitrogens with zero attached hydrogens (tertiary/aromatic N) is 3. The van der Waals surface area contributed by atoms with Crippen LogP contribution in [0.25, 0.3) is 11.3 Å². The number of hydrogen-bond acceptors (Lipinski definition) is 4. The number of ether oxygens (including phenoxy) is 1. The molecule has 3 aromatic rings. The zero-order valence-electron chi connectivity index (χ0n) is 18.0. The zero-order valence-corrected chi connectivity index (χ0v) is 18.0. The smallest absolute Gasteiger partial charge is 0.232 e. The number of carbonyl (C=O) groups excluding carboxylic acids is 1. The van der Waals surface area contributed by atoms with Gasteiger partial charge in [0.15, 0.2) is 0 Å². The number of rotatable bonds is 4. The van der Waals surface area contributed by atoms with Crippen LogP contribution in [0.4, 0.5) is 4.39 Å². The first kappa shape index (κ1) is 21.1. The van der Waals surface area contributed by atoms with E-state index >= 15 is 0 Å². The fourth-order valence-corrected chi connectivity index (χ4v) is 3.84. The van der Waals surface area contributed by atoms with Crippen LogP contribution in [0.3, 0.4) is 0 Å². The van der Waals surface area contributed by atoms with Gasteiger partial charge in [0.25, 0.3) is 0 Å². The van der Waals surface area contributed by atoms with Crippen molar-refractivity contribution in [2.75, 3.05) is 19.7 Å². The Hall–Kier alpha value is -3.12. The average molecular weight is 420 g/mol. The number of carbonyl (C=O) groups is 1. The van der Waals surface area contributed by atoms with Crippen LogP contribution >= 0.6 is 0 Å². The third-order valence-corrected chi connectivity index (χ3v) is 5.79. The van der Waals surface area contributed by atoms with E-state index in [4.69, 9.17) is 4.74 Å². The van der Waals surface area contributed by atoms with Gasteiger partial charge in [-0.2, -0.15) is 0 Å². The minimum atomic E-state index is -0.656. The van der Waals surface area contributed by atoms with Gasteiger partial charge >= 0.3 is 0 Å². The van der Waals surface area contributed by atoms with Gasteiger partial charge in [0, 0.05) is 12.1 Å². The third-order valence-electron chi connectivity index (χ3n) is 5.79. The molecule has 1 aliphatic rings. The van der Waals surface area contributed by atoms with Crippen LogP contribution < -0.4 is 0 Å². The number of benzene rings is 2. The summed E-state index contributed by atoms with van der Waals surface area (Å²) in [5.74, 6) is -0.307. The van der Waals surface area contributed by atoms with Gasteiger partial charge in [0.05, 0.1) is 42.3 Å². The lowest BCUT2D eigenvalue weighted by atomic mass is 9.82. The molecule has 1 saturated heterocycles. The zero-order chi connectivity index (χ0) is 22.0. The van der Waals surface area contributed by atoms with Crippen molar-refractivity contribution in [3.63, 3.8) is 0 Å². The molecule has 0 N–H and O–H groups in total. The van der Waals surface area contributed by atoms with Crippen molar-refractivity contribution in [1.82, 2.24) is 14.9 Å². The maximum absolute atomic E-state index is 14.2. The molecular formula is C25H26FN3O2. The van der Waals surface area contributed by atoms with Gasteiger partial charge in [-0.05, 0) is 38.5 Å². The normalized spacial score (nSPS) is 16.9. The molecule has 1 atom stereocenters. The highest BCUT2D eigenvalue weighted by Gasteiger charge is 2.36. The minimum absolute atomic E-state index is 0.0443. The van der Waals surface area contributed by atoms with Crippen LogP contribution in [0.1, 0.15) is 36.8 Å². The molecule has 0 unspecified atom stereocenters. The molecular weight excluding hydrogens is 393 g/mol. The van der Waals surface area contributed by atoms with Gasteiger partial charge in [-0.25, -0.2) is 9.37 Å². The lowest BCUT2D eigenvalue weighted by Crippen LogP contribution is -2.49. The molecule has 0 saturated carbocycles. The Morgan fingerprint density at radius 2 is 1.87 bits per heavy atom. The molecule has 6 heteroatoms. The molecule has 160 valence electrons. The van der Waals surface area contributed by atoms with Crippen LogP contribution in [0, 0.1) is 12.7 Å². The second-order valence-electron chi connectivity index (χ2n) is 8.41. The summed E-state index contributed by atoms with van der Waals surface area (Å²) < 4.78 is 20.1. The molecule has 2 heterocycles.